The zero-order valence-corrected chi connectivity index (χ0v) is 13.2. The van der Waals surface area contributed by atoms with Crippen molar-refractivity contribution in [1.29, 1.82) is 5.41 Å². The summed E-state index contributed by atoms with van der Waals surface area (Å²) in [6, 6.07) is 6.43. The van der Waals surface area contributed by atoms with Crippen molar-refractivity contribution in [3.05, 3.63) is 53.4 Å². The SMILES string of the molecule is N=C(c1nc(N)cc(-c2ccc(C3CC3)o2)n1)c1cc(F)cnc1N. The molecule has 0 atom stereocenters. The van der Waals surface area contributed by atoms with Crippen LogP contribution in [0.1, 0.15) is 35.9 Å². The Labute approximate surface area is 142 Å². The summed E-state index contributed by atoms with van der Waals surface area (Å²) in [5.41, 5.74) is 12.0. The monoisotopic (exact) mass is 338 g/mol. The lowest BCUT2D eigenvalue weighted by molar-refractivity contribution is 0.523. The van der Waals surface area contributed by atoms with E-state index in [9.17, 15) is 4.39 Å². The van der Waals surface area contributed by atoms with E-state index in [0.717, 1.165) is 30.9 Å². The van der Waals surface area contributed by atoms with Crippen LogP contribution >= 0.6 is 0 Å². The molecule has 3 heterocycles. The van der Waals surface area contributed by atoms with E-state index in [0.29, 0.717) is 17.4 Å². The Morgan fingerprint density at radius 2 is 2.00 bits per heavy atom. The summed E-state index contributed by atoms with van der Waals surface area (Å²) in [6.07, 6.45) is 3.24. The number of anilines is 2. The molecule has 0 saturated heterocycles. The molecule has 8 heteroatoms. The lowest BCUT2D eigenvalue weighted by Gasteiger charge is -2.08. The van der Waals surface area contributed by atoms with Gasteiger partial charge < -0.3 is 15.9 Å². The van der Waals surface area contributed by atoms with E-state index in [2.05, 4.69) is 15.0 Å². The second-order valence-corrected chi connectivity index (χ2v) is 5.94. The highest BCUT2D eigenvalue weighted by Crippen LogP contribution is 2.41. The summed E-state index contributed by atoms with van der Waals surface area (Å²) >= 11 is 0. The van der Waals surface area contributed by atoms with Crippen molar-refractivity contribution in [2.24, 2.45) is 0 Å². The van der Waals surface area contributed by atoms with Crippen molar-refractivity contribution in [3.63, 3.8) is 0 Å². The van der Waals surface area contributed by atoms with Gasteiger partial charge in [-0.15, -0.1) is 0 Å². The molecule has 1 fully saturated rings. The molecule has 0 spiro atoms. The number of halogens is 1. The van der Waals surface area contributed by atoms with Gasteiger partial charge in [0.2, 0.25) is 0 Å². The molecular weight excluding hydrogens is 323 g/mol. The number of hydrogen-bond acceptors (Lipinski definition) is 7. The van der Waals surface area contributed by atoms with Crippen LogP contribution in [0.2, 0.25) is 0 Å². The Morgan fingerprint density at radius 1 is 1.20 bits per heavy atom. The fourth-order valence-electron chi connectivity index (χ4n) is 2.55. The fraction of sp³-hybridized carbons (Fsp3) is 0.176. The molecule has 3 aromatic heterocycles. The number of furan rings is 1. The van der Waals surface area contributed by atoms with Gasteiger partial charge >= 0.3 is 0 Å². The van der Waals surface area contributed by atoms with Crippen molar-refractivity contribution in [2.75, 3.05) is 11.5 Å². The van der Waals surface area contributed by atoms with Gasteiger partial charge in [-0.25, -0.2) is 19.3 Å². The third-order valence-corrected chi connectivity index (χ3v) is 3.98. The lowest BCUT2D eigenvalue weighted by Crippen LogP contribution is -2.13. The van der Waals surface area contributed by atoms with Crippen LogP contribution in [0.5, 0.6) is 0 Å². The highest BCUT2D eigenvalue weighted by atomic mass is 19.1. The van der Waals surface area contributed by atoms with Crippen LogP contribution in [0.4, 0.5) is 16.0 Å². The largest absolute Gasteiger partial charge is 0.459 e. The smallest absolute Gasteiger partial charge is 0.180 e. The first kappa shape index (κ1) is 15.3. The van der Waals surface area contributed by atoms with Gasteiger partial charge in [0.15, 0.2) is 11.6 Å². The molecule has 0 bridgehead atoms. The molecule has 0 amide bonds. The van der Waals surface area contributed by atoms with E-state index < -0.39 is 5.82 Å². The molecule has 0 aliphatic heterocycles. The third kappa shape index (κ3) is 2.93. The molecule has 126 valence electrons. The minimum Gasteiger partial charge on any atom is -0.459 e. The quantitative estimate of drug-likeness (QED) is 0.628. The number of aromatic nitrogens is 3. The average molecular weight is 338 g/mol. The maximum absolute atomic E-state index is 13.4. The van der Waals surface area contributed by atoms with Crippen LogP contribution in [0.3, 0.4) is 0 Å². The van der Waals surface area contributed by atoms with Gasteiger partial charge in [0.25, 0.3) is 0 Å². The standard InChI is InChI=1S/C17H15FN6O/c18-9-5-10(16(21)22-7-9)15(20)17-23-11(6-14(19)24-17)13-4-3-12(25-13)8-1-2-8/h3-8,20H,1-2H2,(H2,21,22)(H2,19,23,24). The number of pyridine rings is 1. The van der Waals surface area contributed by atoms with E-state index >= 15 is 0 Å². The van der Waals surface area contributed by atoms with Crippen molar-refractivity contribution in [2.45, 2.75) is 18.8 Å². The first-order valence-electron chi connectivity index (χ1n) is 7.76. The Hall–Kier alpha value is -3.29. The van der Waals surface area contributed by atoms with Crippen LogP contribution in [-0.2, 0) is 0 Å². The molecule has 7 nitrogen and oxygen atoms in total. The topological polar surface area (TPSA) is 128 Å². The van der Waals surface area contributed by atoms with E-state index in [4.69, 9.17) is 21.3 Å². The van der Waals surface area contributed by atoms with Crippen molar-refractivity contribution in [1.82, 2.24) is 15.0 Å². The van der Waals surface area contributed by atoms with E-state index in [1.165, 1.54) is 0 Å². The Morgan fingerprint density at radius 3 is 2.76 bits per heavy atom. The summed E-state index contributed by atoms with van der Waals surface area (Å²) < 4.78 is 19.3. The number of rotatable bonds is 4. The molecule has 0 unspecified atom stereocenters. The summed E-state index contributed by atoms with van der Waals surface area (Å²) in [6.45, 7) is 0. The molecular formula is C17H15FN6O. The van der Waals surface area contributed by atoms with Crippen LogP contribution in [0, 0.1) is 11.2 Å². The predicted octanol–water partition coefficient (Wildman–Crippen LogP) is 2.73. The molecule has 25 heavy (non-hydrogen) atoms. The minimum atomic E-state index is -0.599. The van der Waals surface area contributed by atoms with Crippen LogP contribution in [0.25, 0.3) is 11.5 Å². The Balaban J connectivity index is 1.73. The van der Waals surface area contributed by atoms with Gasteiger partial charge in [-0.1, -0.05) is 0 Å². The van der Waals surface area contributed by atoms with Crippen molar-refractivity contribution >= 4 is 17.3 Å². The number of nitrogen functional groups attached to an aromatic ring is 2. The van der Waals surface area contributed by atoms with E-state index in [1.54, 1.807) is 6.07 Å². The summed E-state index contributed by atoms with van der Waals surface area (Å²) in [4.78, 5) is 12.1. The maximum Gasteiger partial charge on any atom is 0.180 e. The van der Waals surface area contributed by atoms with Crippen LogP contribution in [0.15, 0.2) is 34.9 Å². The van der Waals surface area contributed by atoms with Crippen molar-refractivity contribution in [3.8, 4) is 11.5 Å². The first-order chi connectivity index (χ1) is 12.0. The van der Waals surface area contributed by atoms with Crippen LogP contribution in [-0.4, -0.2) is 20.7 Å². The molecule has 0 radical (unpaired) electrons. The van der Waals surface area contributed by atoms with Gasteiger partial charge in [0.05, 0.1) is 6.20 Å². The van der Waals surface area contributed by atoms with Gasteiger partial charge in [-0.3, -0.25) is 5.41 Å². The highest BCUT2D eigenvalue weighted by Gasteiger charge is 2.27. The summed E-state index contributed by atoms with van der Waals surface area (Å²) in [5, 5.41) is 8.25. The highest BCUT2D eigenvalue weighted by molar-refractivity contribution is 6.11. The second kappa shape index (κ2) is 5.66. The first-order valence-corrected chi connectivity index (χ1v) is 7.76. The molecule has 0 aromatic carbocycles. The van der Waals surface area contributed by atoms with Crippen LogP contribution < -0.4 is 11.5 Å². The Bertz CT molecular complexity index is 979. The summed E-state index contributed by atoms with van der Waals surface area (Å²) in [5.74, 6) is 1.57. The fourth-order valence-corrected chi connectivity index (χ4v) is 2.55. The predicted molar refractivity (Wildman–Crippen MR) is 90.7 cm³/mol. The van der Waals surface area contributed by atoms with E-state index in [1.807, 2.05) is 12.1 Å². The molecule has 1 aliphatic rings. The second-order valence-electron chi connectivity index (χ2n) is 5.94. The zero-order chi connectivity index (χ0) is 17.6. The maximum atomic E-state index is 13.4. The Kier molecular flexibility index (Phi) is 3.45. The third-order valence-electron chi connectivity index (χ3n) is 3.98. The number of nitrogens with two attached hydrogens (primary N) is 2. The zero-order valence-electron chi connectivity index (χ0n) is 13.2. The summed E-state index contributed by atoms with van der Waals surface area (Å²) in [7, 11) is 0. The minimum absolute atomic E-state index is 0.0213. The molecule has 4 rings (SSSR count). The number of nitrogens with zero attached hydrogens (tertiary/aromatic N) is 3. The van der Waals surface area contributed by atoms with Gasteiger partial charge in [-0.2, -0.15) is 0 Å². The number of hydrogen-bond donors (Lipinski definition) is 3. The molecule has 1 saturated carbocycles. The van der Waals surface area contributed by atoms with E-state index in [-0.39, 0.29) is 28.7 Å². The van der Waals surface area contributed by atoms with Gasteiger partial charge in [0, 0.05) is 17.5 Å². The van der Waals surface area contributed by atoms with Gasteiger partial charge in [-0.05, 0) is 31.0 Å². The number of nitrogens with one attached hydrogen (secondary N) is 1. The molecule has 3 aromatic rings. The van der Waals surface area contributed by atoms with Gasteiger partial charge in [0.1, 0.15) is 34.6 Å². The average Bonchev–Trinajstić information content (AvgIpc) is 3.33. The van der Waals surface area contributed by atoms with Crippen molar-refractivity contribution < 1.29 is 8.81 Å². The lowest BCUT2D eigenvalue weighted by atomic mass is 10.1. The molecule has 5 N–H and O–H groups in total. The molecule has 1 aliphatic carbocycles. The normalized spacial score (nSPS) is 13.8.